The van der Waals surface area contributed by atoms with Crippen molar-refractivity contribution in [1.82, 2.24) is 0 Å². The van der Waals surface area contributed by atoms with Gasteiger partial charge in [-0.2, -0.15) is 13.2 Å². The summed E-state index contributed by atoms with van der Waals surface area (Å²) >= 11 is 0. The van der Waals surface area contributed by atoms with Crippen molar-refractivity contribution in [3.63, 3.8) is 0 Å². The maximum absolute atomic E-state index is 12.9. The third-order valence-electron chi connectivity index (χ3n) is 5.56. The highest BCUT2D eigenvalue weighted by molar-refractivity contribution is 6.10. The van der Waals surface area contributed by atoms with Crippen molar-refractivity contribution in [1.29, 1.82) is 0 Å². The Balaban J connectivity index is 1.96. The highest BCUT2D eigenvalue weighted by Crippen LogP contribution is 2.50. The summed E-state index contributed by atoms with van der Waals surface area (Å²) in [5, 5.41) is 9.62. The first-order valence-corrected chi connectivity index (χ1v) is 8.37. The fraction of sp³-hybridized carbons (Fsp3) is 0.444. The molecule has 0 aromatic rings. The van der Waals surface area contributed by atoms with E-state index in [0.29, 0.717) is 24.3 Å². The largest absolute Gasteiger partial charge is 0.490 e. The van der Waals surface area contributed by atoms with Crippen LogP contribution in [0.3, 0.4) is 0 Å². The maximum Gasteiger partial charge on any atom is 0.490 e. The quantitative estimate of drug-likeness (QED) is 0.746. The molecule has 0 spiro atoms. The van der Waals surface area contributed by atoms with Crippen LogP contribution in [-0.2, 0) is 14.3 Å². The highest BCUT2D eigenvalue weighted by atomic mass is 19.4. The molecule has 0 saturated heterocycles. The Bertz CT molecular complexity index is 910. The lowest BCUT2D eigenvalue weighted by Crippen LogP contribution is -2.48. The molecule has 3 atom stereocenters. The number of carboxylic acids is 1. The summed E-state index contributed by atoms with van der Waals surface area (Å²) in [6.07, 6.45) is -0.184. The molecular weight excluding hydrogens is 365 g/mol. The molecule has 27 heavy (non-hydrogen) atoms. The number of halogens is 3. The number of carboxylic acid groups (broad SMARTS) is 1. The molecule has 2 aliphatic heterocycles. The van der Waals surface area contributed by atoms with Crippen molar-refractivity contribution < 1.29 is 32.6 Å². The van der Waals surface area contributed by atoms with Gasteiger partial charge in [0.05, 0.1) is 18.2 Å². The van der Waals surface area contributed by atoms with Gasteiger partial charge in [0.25, 0.3) is 0 Å². The number of fused-ring (bicyclic) bond motifs is 2. The molecule has 142 valence electrons. The second-order valence-electron chi connectivity index (χ2n) is 7.09. The van der Waals surface area contributed by atoms with Crippen molar-refractivity contribution in [3.8, 4) is 0 Å². The fourth-order valence-corrected chi connectivity index (χ4v) is 4.19. The van der Waals surface area contributed by atoms with E-state index in [0.717, 1.165) is 5.57 Å². The second-order valence-corrected chi connectivity index (χ2v) is 7.09. The molecule has 0 amide bonds. The minimum Gasteiger partial charge on any atom is -0.478 e. The standard InChI is InChI=1S/C18H15F3N2O4/c1-17(27-16(26)18(19,20)21)9-4-12-10(15(24)25)6-11(17)14-8(2-3-22-12)7-23-13(14)5-9/h2-3,6,9,12H,4-5,7H2,1H3,(H,24,25)/b8-2-,22-3?. The van der Waals surface area contributed by atoms with Gasteiger partial charge in [-0.3, -0.25) is 9.98 Å². The Morgan fingerprint density at radius 1 is 1.37 bits per heavy atom. The summed E-state index contributed by atoms with van der Waals surface area (Å²) in [6.45, 7) is 1.75. The number of esters is 1. The molecule has 0 radical (unpaired) electrons. The zero-order valence-electron chi connectivity index (χ0n) is 14.2. The van der Waals surface area contributed by atoms with Gasteiger partial charge in [0.1, 0.15) is 5.60 Å². The van der Waals surface area contributed by atoms with Crippen LogP contribution >= 0.6 is 0 Å². The molecule has 9 heteroatoms. The van der Waals surface area contributed by atoms with Gasteiger partial charge in [-0.15, -0.1) is 0 Å². The molecule has 4 aliphatic rings. The van der Waals surface area contributed by atoms with E-state index in [9.17, 15) is 27.9 Å². The molecule has 0 aromatic carbocycles. The molecular formula is C18H15F3N2O4. The highest BCUT2D eigenvalue weighted by Gasteiger charge is 2.54. The van der Waals surface area contributed by atoms with Crippen molar-refractivity contribution in [2.45, 2.75) is 37.6 Å². The molecule has 0 aromatic heterocycles. The smallest absolute Gasteiger partial charge is 0.478 e. The number of carbonyl (C=O) groups excluding carboxylic acids is 1. The number of rotatable bonds is 2. The van der Waals surface area contributed by atoms with Gasteiger partial charge in [0.2, 0.25) is 0 Å². The summed E-state index contributed by atoms with van der Waals surface area (Å²) in [5.41, 5.74) is 0.597. The minimum atomic E-state index is -5.14. The average Bonchev–Trinajstić information content (AvgIpc) is 2.94. The molecule has 2 heterocycles. The molecule has 1 N–H and O–H groups in total. The van der Waals surface area contributed by atoms with Crippen LogP contribution < -0.4 is 0 Å². The Hall–Kier alpha value is -2.71. The van der Waals surface area contributed by atoms with Gasteiger partial charge in [0, 0.05) is 29.0 Å². The Labute approximate surface area is 151 Å². The van der Waals surface area contributed by atoms with E-state index in [1.807, 2.05) is 0 Å². The normalized spacial score (nSPS) is 33.4. The monoisotopic (exact) mass is 380 g/mol. The van der Waals surface area contributed by atoms with Crippen LogP contribution in [0.25, 0.3) is 0 Å². The average molecular weight is 380 g/mol. The number of aliphatic imine (C=N–C) groups is 2. The van der Waals surface area contributed by atoms with Crippen LogP contribution in [0.5, 0.6) is 0 Å². The first kappa shape index (κ1) is 17.7. The minimum absolute atomic E-state index is 0.0340. The number of hydrogen-bond acceptors (Lipinski definition) is 5. The van der Waals surface area contributed by atoms with E-state index in [1.54, 1.807) is 6.08 Å². The van der Waals surface area contributed by atoms with E-state index in [4.69, 9.17) is 4.74 Å². The lowest BCUT2D eigenvalue weighted by molar-refractivity contribution is -0.213. The predicted octanol–water partition coefficient (Wildman–Crippen LogP) is 2.42. The number of carbonyl (C=O) groups is 2. The van der Waals surface area contributed by atoms with Crippen LogP contribution in [0.2, 0.25) is 0 Å². The van der Waals surface area contributed by atoms with Crippen LogP contribution in [-0.4, -0.2) is 53.3 Å². The van der Waals surface area contributed by atoms with Crippen LogP contribution in [0.4, 0.5) is 13.2 Å². The summed E-state index contributed by atoms with van der Waals surface area (Å²) in [7, 11) is 0. The van der Waals surface area contributed by atoms with Gasteiger partial charge >= 0.3 is 18.1 Å². The topological polar surface area (TPSA) is 88.3 Å². The van der Waals surface area contributed by atoms with E-state index >= 15 is 0 Å². The SMILES string of the molecule is CC1(OC(=O)C(F)(F)F)C2=C3C4=NC/C3=C/C=NC(CC1C4)C(C(=O)O)=C2. The van der Waals surface area contributed by atoms with Crippen LogP contribution in [0, 0.1) is 5.92 Å². The third kappa shape index (κ3) is 2.64. The summed E-state index contributed by atoms with van der Waals surface area (Å²) in [5.74, 6) is -4.07. The van der Waals surface area contributed by atoms with Crippen molar-refractivity contribution >= 4 is 23.9 Å². The van der Waals surface area contributed by atoms with Crippen molar-refractivity contribution in [2.24, 2.45) is 15.9 Å². The number of alkyl halides is 3. The van der Waals surface area contributed by atoms with Crippen molar-refractivity contribution in [3.05, 3.63) is 34.4 Å². The Kier molecular flexibility index (Phi) is 3.70. The number of hydrogen-bond donors (Lipinski definition) is 1. The maximum atomic E-state index is 12.9. The molecule has 2 aliphatic carbocycles. The van der Waals surface area contributed by atoms with Gasteiger partial charge in [-0.1, -0.05) is 0 Å². The lowest BCUT2D eigenvalue weighted by atomic mass is 9.69. The van der Waals surface area contributed by atoms with Crippen LogP contribution in [0.1, 0.15) is 19.8 Å². The molecule has 3 bridgehead atoms. The molecule has 4 rings (SSSR count). The predicted molar refractivity (Wildman–Crippen MR) is 88.7 cm³/mol. The summed E-state index contributed by atoms with van der Waals surface area (Å²) in [6, 6.07) is -0.747. The Morgan fingerprint density at radius 2 is 2.11 bits per heavy atom. The third-order valence-corrected chi connectivity index (χ3v) is 5.56. The zero-order valence-corrected chi connectivity index (χ0v) is 14.2. The van der Waals surface area contributed by atoms with Gasteiger partial charge in [-0.25, -0.2) is 9.59 Å². The van der Waals surface area contributed by atoms with Gasteiger partial charge in [-0.05, 0) is 37.5 Å². The van der Waals surface area contributed by atoms with Gasteiger partial charge < -0.3 is 9.84 Å². The molecule has 3 unspecified atom stereocenters. The van der Waals surface area contributed by atoms with E-state index in [1.165, 1.54) is 19.2 Å². The number of ether oxygens (including phenoxy) is 1. The molecule has 0 saturated carbocycles. The number of nitrogens with zero attached hydrogens (tertiary/aromatic N) is 2. The lowest BCUT2D eigenvalue weighted by Gasteiger charge is -2.42. The first-order chi connectivity index (χ1) is 12.6. The second kappa shape index (κ2) is 5.64. The van der Waals surface area contributed by atoms with Gasteiger partial charge in [0.15, 0.2) is 0 Å². The van der Waals surface area contributed by atoms with E-state index in [-0.39, 0.29) is 17.6 Å². The number of allylic oxidation sites excluding steroid dienone is 1. The number of aliphatic carboxylic acids is 1. The van der Waals surface area contributed by atoms with E-state index in [2.05, 4.69) is 9.98 Å². The zero-order chi connectivity index (χ0) is 19.6. The van der Waals surface area contributed by atoms with Crippen LogP contribution in [0.15, 0.2) is 44.4 Å². The van der Waals surface area contributed by atoms with Crippen molar-refractivity contribution in [2.75, 3.05) is 6.54 Å². The Morgan fingerprint density at radius 3 is 2.78 bits per heavy atom. The first-order valence-electron chi connectivity index (χ1n) is 8.37. The molecule has 0 fully saturated rings. The molecule has 6 nitrogen and oxygen atoms in total. The summed E-state index contributed by atoms with van der Waals surface area (Å²) in [4.78, 5) is 32.2. The summed E-state index contributed by atoms with van der Waals surface area (Å²) < 4.78 is 43.7. The van der Waals surface area contributed by atoms with E-state index < -0.39 is 35.7 Å². The fourth-order valence-electron chi connectivity index (χ4n) is 4.19.